The van der Waals surface area contributed by atoms with Gasteiger partial charge in [-0.1, -0.05) is 6.07 Å². The Hall–Kier alpha value is -1.02. The van der Waals surface area contributed by atoms with E-state index in [1.165, 1.54) is 4.31 Å². The first-order valence-electron chi connectivity index (χ1n) is 7.34. The number of aromatic nitrogens is 1. The lowest BCUT2D eigenvalue weighted by Gasteiger charge is -2.24. The maximum absolute atomic E-state index is 12.4. The summed E-state index contributed by atoms with van der Waals surface area (Å²) in [7, 11) is -3.38. The van der Waals surface area contributed by atoms with Gasteiger partial charge < -0.3 is 10.4 Å². The van der Waals surface area contributed by atoms with Gasteiger partial charge in [0.25, 0.3) is 0 Å². The van der Waals surface area contributed by atoms with Gasteiger partial charge in [0.05, 0.1) is 12.4 Å². The predicted molar refractivity (Wildman–Crippen MR) is 81.4 cm³/mol. The van der Waals surface area contributed by atoms with Gasteiger partial charge in [0.15, 0.2) is 0 Å². The van der Waals surface area contributed by atoms with E-state index < -0.39 is 10.0 Å². The lowest BCUT2D eigenvalue weighted by Crippen LogP contribution is -2.43. The van der Waals surface area contributed by atoms with Crippen LogP contribution < -0.4 is 5.32 Å². The fourth-order valence-electron chi connectivity index (χ4n) is 2.52. The zero-order valence-corrected chi connectivity index (χ0v) is 12.9. The smallest absolute Gasteiger partial charge is 0.214 e. The van der Waals surface area contributed by atoms with Crippen molar-refractivity contribution in [2.45, 2.75) is 25.3 Å². The molecule has 1 aromatic heterocycles. The number of hydrogen-bond donors (Lipinski definition) is 2. The maximum Gasteiger partial charge on any atom is 0.214 e. The summed E-state index contributed by atoms with van der Waals surface area (Å²) in [6, 6.07) is 5.68. The average Bonchev–Trinajstić information content (AvgIpc) is 2.99. The number of nitrogens with zero attached hydrogens (tertiary/aromatic N) is 2. The van der Waals surface area contributed by atoms with E-state index >= 15 is 0 Å². The van der Waals surface area contributed by atoms with Crippen molar-refractivity contribution in [3.63, 3.8) is 0 Å². The Kier molecular flexibility index (Phi) is 6.10. The van der Waals surface area contributed by atoms with E-state index in [9.17, 15) is 8.42 Å². The van der Waals surface area contributed by atoms with Crippen molar-refractivity contribution in [3.05, 3.63) is 30.1 Å². The van der Waals surface area contributed by atoms with Crippen LogP contribution in [0.15, 0.2) is 24.4 Å². The van der Waals surface area contributed by atoms with Crippen LogP contribution in [0.3, 0.4) is 0 Å². The second-order valence-electron chi connectivity index (χ2n) is 5.26. The third kappa shape index (κ3) is 5.03. The van der Waals surface area contributed by atoms with Crippen LogP contribution in [0.5, 0.6) is 0 Å². The molecule has 2 rings (SSSR count). The molecule has 0 radical (unpaired) electrons. The maximum atomic E-state index is 12.4. The largest absolute Gasteiger partial charge is 0.395 e. The van der Waals surface area contributed by atoms with E-state index in [0.717, 1.165) is 25.1 Å². The SMILES string of the molecule is O=S(=O)(CCc1ccccn1)N(CCO)CC1CCCN1. The fraction of sp³-hybridized carbons (Fsp3) is 0.643. The number of pyridine rings is 1. The Bertz CT molecular complexity index is 516. The normalized spacial score (nSPS) is 19.2. The average molecular weight is 313 g/mol. The molecule has 0 saturated carbocycles. The Labute approximate surface area is 126 Å². The molecule has 0 bridgehead atoms. The molecule has 1 saturated heterocycles. The first-order valence-corrected chi connectivity index (χ1v) is 8.95. The third-order valence-corrected chi connectivity index (χ3v) is 5.51. The Morgan fingerprint density at radius 3 is 2.90 bits per heavy atom. The Morgan fingerprint density at radius 1 is 1.43 bits per heavy atom. The fourth-order valence-corrected chi connectivity index (χ4v) is 4.01. The van der Waals surface area contributed by atoms with E-state index in [1.54, 1.807) is 6.20 Å². The number of aryl methyl sites for hydroxylation is 1. The summed E-state index contributed by atoms with van der Waals surface area (Å²) in [5.74, 6) is 0.0245. The van der Waals surface area contributed by atoms with Gasteiger partial charge in [-0.2, -0.15) is 4.31 Å². The Balaban J connectivity index is 1.95. The third-order valence-electron chi connectivity index (χ3n) is 3.67. The van der Waals surface area contributed by atoms with Crippen molar-refractivity contribution in [2.24, 2.45) is 0 Å². The van der Waals surface area contributed by atoms with Crippen LogP contribution in [0.4, 0.5) is 0 Å². The van der Waals surface area contributed by atoms with Crippen LogP contribution in [-0.2, 0) is 16.4 Å². The quantitative estimate of drug-likeness (QED) is 0.706. The van der Waals surface area contributed by atoms with E-state index in [1.807, 2.05) is 18.2 Å². The van der Waals surface area contributed by atoms with Crippen LogP contribution in [0.25, 0.3) is 0 Å². The molecule has 118 valence electrons. The molecule has 6 nitrogen and oxygen atoms in total. The monoisotopic (exact) mass is 313 g/mol. The number of aliphatic hydroxyl groups excluding tert-OH is 1. The zero-order valence-electron chi connectivity index (χ0n) is 12.1. The molecule has 7 heteroatoms. The standard InChI is InChI=1S/C14H23N3O3S/c18-10-9-17(12-14-5-3-8-16-14)21(19,20)11-6-13-4-1-2-7-15-13/h1-2,4,7,14,16,18H,3,5-6,8-12H2. The second-order valence-corrected chi connectivity index (χ2v) is 7.35. The summed E-state index contributed by atoms with van der Waals surface area (Å²) in [6.07, 6.45) is 4.11. The molecule has 21 heavy (non-hydrogen) atoms. The zero-order chi connectivity index (χ0) is 15.1. The highest BCUT2D eigenvalue weighted by atomic mass is 32.2. The summed E-state index contributed by atoms with van der Waals surface area (Å²) in [5, 5.41) is 12.4. The molecule has 2 heterocycles. The molecule has 0 aliphatic carbocycles. The minimum absolute atomic E-state index is 0.0245. The summed E-state index contributed by atoms with van der Waals surface area (Å²) in [6.45, 7) is 1.37. The number of rotatable bonds is 8. The van der Waals surface area contributed by atoms with E-state index in [0.29, 0.717) is 13.0 Å². The molecule has 1 atom stereocenters. The van der Waals surface area contributed by atoms with Crippen molar-refractivity contribution in [1.82, 2.24) is 14.6 Å². The van der Waals surface area contributed by atoms with E-state index in [2.05, 4.69) is 10.3 Å². The van der Waals surface area contributed by atoms with Crippen molar-refractivity contribution >= 4 is 10.0 Å². The molecule has 0 spiro atoms. The molecule has 1 aromatic rings. The van der Waals surface area contributed by atoms with Crippen LogP contribution in [-0.4, -0.2) is 60.8 Å². The van der Waals surface area contributed by atoms with Gasteiger partial charge in [-0.05, 0) is 31.5 Å². The summed E-state index contributed by atoms with van der Waals surface area (Å²) in [5.41, 5.74) is 0.768. The molecule has 2 N–H and O–H groups in total. The van der Waals surface area contributed by atoms with Crippen LogP contribution in [0, 0.1) is 0 Å². The molecule has 1 unspecified atom stereocenters. The predicted octanol–water partition coefficient (Wildman–Crippen LogP) is 0.000200. The summed E-state index contributed by atoms with van der Waals surface area (Å²) >= 11 is 0. The molecule has 1 fully saturated rings. The van der Waals surface area contributed by atoms with Gasteiger partial charge in [-0.25, -0.2) is 8.42 Å². The highest BCUT2D eigenvalue weighted by Gasteiger charge is 2.26. The van der Waals surface area contributed by atoms with Gasteiger partial charge in [0, 0.05) is 37.4 Å². The highest BCUT2D eigenvalue weighted by Crippen LogP contribution is 2.11. The van der Waals surface area contributed by atoms with Crippen molar-refractivity contribution in [2.75, 3.05) is 32.0 Å². The molecular weight excluding hydrogens is 290 g/mol. The van der Waals surface area contributed by atoms with Gasteiger partial charge in [-0.3, -0.25) is 4.98 Å². The molecular formula is C14H23N3O3S. The first kappa shape index (κ1) is 16.4. The molecule has 0 amide bonds. The van der Waals surface area contributed by atoms with Gasteiger partial charge in [0.2, 0.25) is 10.0 Å². The molecule has 1 aliphatic rings. The van der Waals surface area contributed by atoms with Crippen LogP contribution in [0.2, 0.25) is 0 Å². The second kappa shape index (κ2) is 7.84. The van der Waals surface area contributed by atoms with Crippen molar-refractivity contribution in [3.8, 4) is 0 Å². The number of nitrogens with one attached hydrogen (secondary N) is 1. The van der Waals surface area contributed by atoms with Crippen LogP contribution in [0.1, 0.15) is 18.5 Å². The lowest BCUT2D eigenvalue weighted by atomic mass is 10.2. The topological polar surface area (TPSA) is 82.5 Å². The molecule has 0 aromatic carbocycles. The van der Waals surface area contributed by atoms with Crippen molar-refractivity contribution < 1.29 is 13.5 Å². The Morgan fingerprint density at radius 2 is 2.29 bits per heavy atom. The van der Waals surface area contributed by atoms with Crippen LogP contribution >= 0.6 is 0 Å². The minimum Gasteiger partial charge on any atom is -0.395 e. The van der Waals surface area contributed by atoms with Gasteiger partial charge in [0.1, 0.15) is 0 Å². The minimum atomic E-state index is -3.38. The van der Waals surface area contributed by atoms with E-state index in [-0.39, 0.29) is 24.9 Å². The number of aliphatic hydroxyl groups is 1. The number of sulfonamides is 1. The summed E-state index contributed by atoms with van der Waals surface area (Å²) < 4.78 is 26.3. The van der Waals surface area contributed by atoms with Gasteiger partial charge >= 0.3 is 0 Å². The van der Waals surface area contributed by atoms with E-state index in [4.69, 9.17) is 5.11 Å². The van der Waals surface area contributed by atoms with Gasteiger partial charge in [-0.15, -0.1) is 0 Å². The first-order chi connectivity index (χ1) is 10.1. The highest BCUT2D eigenvalue weighted by molar-refractivity contribution is 7.89. The molecule has 1 aliphatic heterocycles. The lowest BCUT2D eigenvalue weighted by molar-refractivity contribution is 0.246. The number of hydrogen-bond acceptors (Lipinski definition) is 5. The summed E-state index contributed by atoms with van der Waals surface area (Å²) in [4.78, 5) is 4.15. The van der Waals surface area contributed by atoms with Crippen molar-refractivity contribution in [1.29, 1.82) is 0 Å².